The second-order valence-electron chi connectivity index (χ2n) is 16.8. The molecule has 0 fully saturated rings. The van der Waals surface area contributed by atoms with Crippen LogP contribution in [0.2, 0.25) is 0 Å². The number of hydrogen-bond acceptors (Lipinski definition) is 0. The van der Waals surface area contributed by atoms with E-state index in [0.717, 1.165) is 5.69 Å². The van der Waals surface area contributed by atoms with Crippen LogP contribution in [0.25, 0.3) is 88.4 Å². The van der Waals surface area contributed by atoms with Crippen molar-refractivity contribution in [2.24, 2.45) is 0 Å². The van der Waals surface area contributed by atoms with Gasteiger partial charge in [0.25, 0.3) is 0 Å². The third-order valence-electron chi connectivity index (χ3n) is 13.6. The molecule has 12 aromatic rings. The van der Waals surface area contributed by atoms with E-state index in [0.29, 0.717) is 0 Å². The molecule has 0 bridgehead atoms. The molecule has 0 amide bonds. The molecule has 63 heavy (non-hydrogen) atoms. The van der Waals surface area contributed by atoms with Gasteiger partial charge in [0.2, 0.25) is 0 Å². The van der Waals surface area contributed by atoms with Gasteiger partial charge in [-0.15, -0.1) is 0 Å². The lowest BCUT2D eigenvalue weighted by atomic mass is 10.0. The van der Waals surface area contributed by atoms with Crippen LogP contribution < -0.4 is 20.7 Å². The van der Waals surface area contributed by atoms with Gasteiger partial charge in [0.15, 0.2) is 8.07 Å². The summed E-state index contributed by atoms with van der Waals surface area (Å²) >= 11 is 0. The topological polar surface area (TPSA) is 9.86 Å². The Morgan fingerprint density at radius 2 is 0.698 bits per heavy atom. The first-order chi connectivity index (χ1) is 31.3. The van der Waals surface area contributed by atoms with Crippen molar-refractivity contribution in [1.29, 1.82) is 0 Å². The maximum Gasteiger partial charge on any atom is 0.180 e. The van der Waals surface area contributed by atoms with E-state index in [1.165, 1.54) is 103 Å². The summed E-state index contributed by atoms with van der Waals surface area (Å²) in [5.41, 5.74) is 14.7. The largest absolute Gasteiger partial charge is 0.309 e. The standard InChI is InChI=1S/C60H40N2Si/c1-3-16-41(17-4-1)42-30-32-43(33-31-42)44-34-36-45(37-35-44)61-53-26-11-7-24-51(53)59-55(61)38-39-56-60(59)52-25-8-12-27-54(52)62(56)46-18-15-21-48(40-46)63(47-19-5-2-6-20-47)57-28-13-9-22-49(57)50-23-10-14-29-58(50)63/h1-40H. The van der Waals surface area contributed by atoms with E-state index in [-0.39, 0.29) is 0 Å². The van der Waals surface area contributed by atoms with Crippen molar-refractivity contribution in [2.75, 3.05) is 0 Å². The van der Waals surface area contributed by atoms with E-state index in [2.05, 4.69) is 252 Å². The SMILES string of the molecule is c1ccc(-c2ccc(-c3ccc(-n4c5ccccc5c5c6c7ccccc7n(-c7cccc([Si]8(c9ccccc9)c9ccccc9-c9ccccc98)c7)c6ccc54)cc3)cc2)cc1. The van der Waals surface area contributed by atoms with E-state index in [1.807, 2.05) is 0 Å². The lowest BCUT2D eigenvalue weighted by Crippen LogP contribution is -2.72. The lowest BCUT2D eigenvalue weighted by molar-refractivity contribution is 1.17. The molecule has 2 aromatic heterocycles. The van der Waals surface area contributed by atoms with Gasteiger partial charge in [0, 0.05) is 32.9 Å². The first-order valence-electron chi connectivity index (χ1n) is 21.8. The highest BCUT2D eigenvalue weighted by Crippen LogP contribution is 2.42. The molecule has 3 heteroatoms. The maximum atomic E-state index is 2.51. The van der Waals surface area contributed by atoms with Gasteiger partial charge in [-0.25, -0.2) is 0 Å². The molecule has 1 aliphatic rings. The Bertz CT molecular complexity index is 3660. The zero-order chi connectivity index (χ0) is 41.5. The molecule has 0 spiro atoms. The van der Waals surface area contributed by atoms with Crippen molar-refractivity contribution in [2.45, 2.75) is 0 Å². The van der Waals surface area contributed by atoms with Crippen molar-refractivity contribution in [3.05, 3.63) is 243 Å². The molecule has 0 saturated heterocycles. The van der Waals surface area contributed by atoms with Crippen LogP contribution in [0.3, 0.4) is 0 Å². The number of para-hydroxylation sites is 2. The first kappa shape index (κ1) is 35.7. The summed E-state index contributed by atoms with van der Waals surface area (Å²) in [6.45, 7) is 0. The molecule has 294 valence electrons. The molecule has 0 N–H and O–H groups in total. The normalized spacial score (nSPS) is 12.9. The smallest absolute Gasteiger partial charge is 0.180 e. The van der Waals surface area contributed by atoms with E-state index in [1.54, 1.807) is 0 Å². The van der Waals surface area contributed by atoms with Crippen LogP contribution in [0.1, 0.15) is 0 Å². The molecule has 1 aliphatic heterocycles. The Hall–Kier alpha value is -7.98. The van der Waals surface area contributed by atoms with Crippen LogP contribution >= 0.6 is 0 Å². The highest BCUT2D eigenvalue weighted by Gasteiger charge is 2.48. The maximum absolute atomic E-state index is 2.68. The minimum absolute atomic E-state index is 1.15. The highest BCUT2D eigenvalue weighted by atomic mass is 28.3. The monoisotopic (exact) mass is 816 g/mol. The number of rotatable bonds is 6. The Labute approximate surface area is 367 Å². The highest BCUT2D eigenvalue weighted by molar-refractivity contribution is 7.22. The van der Waals surface area contributed by atoms with Gasteiger partial charge in [-0.1, -0.05) is 194 Å². The lowest BCUT2D eigenvalue weighted by Gasteiger charge is -2.31. The second-order valence-corrected chi connectivity index (χ2v) is 20.5. The average molecular weight is 817 g/mol. The number of fused-ring (bicyclic) bond motifs is 10. The van der Waals surface area contributed by atoms with Gasteiger partial charge in [-0.2, -0.15) is 0 Å². The van der Waals surface area contributed by atoms with Gasteiger partial charge < -0.3 is 9.13 Å². The molecule has 0 unspecified atom stereocenters. The van der Waals surface area contributed by atoms with Crippen LogP contribution in [-0.2, 0) is 0 Å². The fourth-order valence-corrected chi connectivity index (χ4v) is 16.2. The summed E-state index contributed by atoms with van der Waals surface area (Å²) in [4.78, 5) is 0. The summed E-state index contributed by atoms with van der Waals surface area (Å²) in [6, 6.07) is 90.2. The quantitative estimate of drug-likeness (QED) is 0.148. The molecule has 2 nitrogen and oxygen atoms in total. The third-order valence-corrected chi connectivity index (χ3v) is 18.5. The van der Waals surface area contributed by atoms with Crippen molar-refractivity contribution in [3.63, 3.8) is 0 Å². The fourth-order valence-electron chi connectivity index (χ4n) is 11.0. The summed E-state index contributed by atoms with van der Waals surface area (Å²) in [6.07, 6.45) is 0. The van der Waals surface area contributed by atoms with Crippen molar-refractivity contribution in [3.8, 4) is 44.8 Å². The predicted molar refractivity (Wildman–Crippen MR) is 269 cm³/mol. The van der Waals surface area contributed by atoms with Crippen molar-refractivity contribution >= 4 is 72.4 Å². The first-order valence-corrected chi connectivity index (χ1v) is 23.8. The molecular formula is C60H40N2Si. The molecule has 0 aliphatic carbocycles. The van der Waals surface area contributed by atoms with E-state index >= 15 is 0 Å². The minimum Gasteiger partial charge on any atom is -0.309 e. The van der Waals surface area contributed by atoms with Crippen LogP contribution in [0.5, 0.6) is 0 Å². The van der Waals surface area contributed by atoms with Gasteiger partial charge in [-0.05, 0) is 103 Å². The molecule has 13 rings (SSSR count). The van der Waals surface area contributed by atoms with E-state index in [4.69, 9.17) is 0 Å². The minimum atomic E-state index is -2.68. The zero-order valence-corrected chi connectivity index (χ0v) is 35.5. The van der Waals surface area contributed by atoms with Gasteiger partial charge >= 0.3 is 0 Å². The fraction of sp³-hybridized carbons (Fsp3) is 0. The van der Waals surface area contributed by atoms with Crippen molar-refractivity contribution < 1.29 is 0 Å². The van der Waals surface area contributed by atoms with Gasteiger partial charge in [-0.3, -0.25) is 0 Å². The third kappa shape index (κ3) is 5.24. The van der Waals surface area contributed by atoms with Gasteiger partial charge in [0.1, 0.15) is 0 Å². The molecule has 3 heterocycles. The summed E-state index contributed by atoms with van der Waals surface area (Å²) < 4.78 is 4.96. The molecule has 10 aromatic carbocycles. The number of aromatic nitrogens is 2. The second kappa shape index (κ2) is 14.0. The molecule has 0 radical (unpaired) electrons. The van der Waals surface area contributed by atoms with Crippen LogP contribution in [-0.4, -0.2) is 17.2 Å². The Morgan fingerprint density at radius 1 is 0.270 bits per heavy atom. The van der Waals surface area contributed by atoms with E-state index < -0.39 is 8.07 Å². The number of nitrogens with zero attached hydrogens (tertiary/aromatic N) is 2. The Morgan fingerprint density at radius 3 is 1.27 bits per heavy atom. The average Bonchev–Trinajstić information content (AvgIpc) is 3.99. The molecule has 0 saturated carbocycles. The number of hydrogen-bond donors (Lipinski definition) is 0. The summed E-state index contributed by atoms with van der Waals surface area (Å²) in [5, 5.41) is 10.8. The van der Waals surface area contributed by atoms with Gasteiger partial charge in [0.05, 0.1) is 22.1 Å². The predicted octanol–water partition coefficient (Wildman–Crippen LogP) is 12.6. The van der Waals surface area contributed by atoms with Crippen LogP contribution in [0, 0.1) is 0 Å². The molecule has 0 atom stereocenters. The Balaban J connectivity index is 0.994. The Kier molecular flexibility index (Phi) is 7.96. The van der Waals surface area contributed by atoms with Crippen LogP contribution in [0.4, 0.5) is 0 Å². The number of benzene rings is 10. The van der Waals surface area contributed by atoms with Crippen molar-refractivity contribution in [1.82, 2.24) is 9.13 Å². The summed E-state index contributed by atoms with van der Waals surface area (Å²) in [5.74, 6) is 0. The summed E-state index contributed by atoms with van der Waals surface area (Å²) in [7, 11) is -2.68. The zero-order valence-electron chi connectivity index (χ0n) is 34.5. The van der Waals surface area contributed by atoms with E-state index in [9.17, 15) is 0 Å². The molecular weight excluding hydrogens is 777 g/mol. The van der Waals surface area contributed by atoms with Crippen LogP contribution in [0.15, 0.2) is 243 Å².